The van der Waals surface area contributed by atoms with Crippen molar-refractivity contribution in [1.29, 1.82) is 0 Å². The van der Waals surface area contributed by atoms with E-state index in [1.165, 1.54) is 0 Å². The highest BCUT2D eigenvalue weighted by Crippen LogP contribution is 2.09. The van der Waals surface area contributed by atoms with Crippen LogP contribution in [0.1, 0.15) is 41.0 Å². The highest BCUT2D eigenvalue weighted by Gasteiger charge is 2.23. The Kier molecular flexibility index (Phi) is 8.12. The van der Waals surface area contributed by atoms with E-state index in [1.54, 1.807) is 20.8 Å². The van der Waals surface area contributed by atoms with Crippen molar-refractivity contribution >= 4 is 12.1 Å². The van der Waals surface area contributed by atoms with Gasteiger partial charge in [0, 0.05) is 0 Å². The van der Waals surface area contributed by atoms with Gasteiger partial charge in [0.05, 0.1) is 0 Å². The molecule has 1 amide bonds. The number of nitrogens with one attached hydrogen (secondary N) is 1. The Morgan fingerprint density at radius 2 is 1.86 bits per heavy atom. The third kappa shape index (κ3) is 10.4. The maximum absolute atomic E-state index is 11.6. The topological polar surface area (TPSA) is 75.6 Å². The number of carbonyl (C=O) groups excluding carboxylic acids is 1. The van der Waals surface area contributed by atoms with E-state index >= 15 is 0 Å². The van der Waals surface area contributed by atoms with Crippen LogP contribution >= 0.6 is 0 Å². The van der Waals surface area contributed by atoms with Gasteiger partial charge in [-0.1, -0.05) is 36.0 Å². The molecule has 0 saturated carbocycles. The molecule has 5 nitrogen and oxygen atoms in total. The van der Waals surface area contributed by atoms with E-state index in [9.17, 15) is 9.59 Å². The highest BCUT2D eigenvalue weighted by atomic mass is 16.6. The first-order chi connectivity index (χ1) is 9.65. The molecule has 5 heteroatoms. The Labute approximate surface area is 126 Å². The Bertz CT molecular complexity index is 442. The first-order valence-corrected chi connectivity index (χ1v) is 6.83. The summed E-state index contributed by atoms with van der Waals surface area (Å²) in [7, 11) is 0. The lowest BCUT2D eigenvalue weighted by Crippen LogP contribution is -2.43. The number of hydrogen-bond acceptors (Lipinski definition) is 3. The van der Waals surface area contributed by atoms with E-state index in [-0.39, 0.29) is 6.42 Å². The second kappa shape index (κ2) is 9.00. The molecule has 0 aliphatic heterocycles. The van der Waals surface area contributed by atoms with Crippen molar-refractivity contribution in [2.24, 2.45) is 0 Å². The Morgan fingerprint density at radius 1 is 1.24 bits per heavy atom. The average molecular weight is 295 g/mol. The van der Waals surface area contributed by atoms with Crippen molar-refractivity contribution in [3.63, 3.8) is 0 Å². The minimum absolute atomic E-state index is 0.217. The maximum atomic E-state index is 11.6. The maximum Gasteiger partial charge on any atom is 0.408 e. The van der Waals surface area contributed by atoms with Crippen LogP contribution in [0.4, 0.5) is 4.79 Å². The number of carboxylic acid groups (broad SMARTS) is 1. The van der Waals surface area contributed by atoms with Crippen LogP contribution in [0, 0.1) is 0 Å². The monoisotopic (exact) mass is 295 g/mol. The third-order valence-corrected chi connectivity index (χ3v) is 2.31. The van der Waals surface area contributed by atoms with Gasteiger partial charge in [0.1, 0.15) is 11.6 Å². The average Bonchev–Trinajstić information content (AvgIpc) is 2.31. The van der Waals surface area contributed by atoms with E-state index < -0.39 is 23.7 Å². The van der Waals surface area contributed by atoms with Gasteiger partial charge in [0.2, 0.25) is 0 Å². The molecule has 0 saturated heterocycles. The van der Waals surface area contributed by atoms with Crippen molar-refractivity contribution < 1.29 is 19.4 Å². The fourth-order valence-corrected chi connectivity index (χ4v) is 1.43. The van der Waals surface area contributed by atoms with Crippen LogP contribution in [-0.4, -0.2) is 28.8 Å². The fraction of sp³-hybridized carbons (Fsp3) is 0.500. The summed E-state index contributed by atoms with van der Waals surface area (Å²) in [5.41, 5.74) is 0.187. The molecule has 0 aromatic heterocycles. The van der Waals surface area contributed by atoms with Gasteiger partial charge in [-0.15, -0.1) is 0 Å². The molecular weight excluding hydrogens is 270 g/mol. The number of hydrogen-bond donors (Lipinski definition) is 2. The summed E-state index contributed by atoms with van der Waals surface area (Å²) < 4.78 is 5.06. The van der Waals surface area contributed by atoms with Gasteiger partial charge in [-0.05, 0) is 41.0 Å². The van der Waals surface area contributed by atoms with E-state index in [2.05, 4.69) is 5.32 Å². The zero-order valence-electron chi connectivity index (χ0n) is 13.3. The number of ether oxygens (including phenoxy) is 1. The molecule has 0 radical (unpaired) electrons. The lowest BCUT2D eigenvalue weighted by Gasteiger charge is -2.22. The fourth-order valence-electron chi connectivity index (χ4n) is 1.43. The van der Waals surface area contributed by atoms with Gasteiger partial charge in [-0.2, -0.15) is 0 Å². The van der Waals surface area contributed by atoms with E-state index in [4.69, 9.17) is 9.84 Å². The zero-order valence-corrected chi connectivity index (χ0v) is 13.3. The van der Waals surface area contributed by atoms with E-state index in [1.807, 2.05) is 44.2 Å². The summed E-state index contributed by atoms with van der Waals surface area (Å²) in [4.78, 5) is 22.8. The molecule has 0 heterocycles. The molecule has 0 bridgehead atoms. The minimum Gasteiger partial charge on any atom is -0.480 e. The predicted molar refractivity (Wildman–Crippen MR) is 83.1 cm³/mol. The van der Waals surface area contributed by atoms with Crippen LogP contribution in [0.25, 0.3) is 0 Å². The molecule has 0 fully saturated rings. The predicted octanol–water partition coefficient (Wildman–Crippen LogP) is 3.43. The van der Waals surface area contributed by atoms with Crippen molar-refractivity contribution in [2.45, 2.75) is 52.7 Å². The largest absolute Gasteiger partial charge is 0.480 e. The van der Waals surface area contributed by atoms with Crippen LogP contribution in [-0.2, 0) is 9.53 Å². The van der Waals surface area contributed by atoms with Crippen molar-refractivity contribution in [3.05, 3.63) is 36.0 Å². The van der Waals surface area contributed by atoms with Crippen molar-refractivity contribution in [2.75, 3.05) is 0 Å². The Balaban J connectivity index is 4.63. The van der Waals surface area contributed by atoms with Gasteiger partial charge >= 0.3 is 12.1 Å². The number of rotatable bonds is 6. The number of allylic oxidation sites excluding steroid dienone is 5. The number of alkyl carbamates (subject to hydrolysis) is 1. The van der Waals surface area contributed by atoms with Gasteiger partial charge in [-0.3, -0.25) is 0 Å². The SMILES string of the molecule is C\C=C/C=C\C=C(/C)C[C@H](NC(=O)OC(C)(C)C)C(=O)O. The van der Waals surface area contributed by atoms with E-state index in [0.717, 1.165) is 5.57 Å². The highest BCUT2D eigenvalue weighted by molar-refractivity contribution is 5.80. The van der Waals surface area contributed by atoms with Crippen LogP contribution in [0.2, 0.25) is 0 Å². The van der Waals surface area contributed by atoms with Crippen LogP contribution in [0.15, 0.2) is 36.0 Å². The molecule has 1 atom stereocenters. The lowest BCUT2D eigenvalue weighted by atomic mass is 10.1. The Morgan fingerprint density at radius 3 is 2.33 bits per heavy atom. The molecule has 21 heavy (non-hydrogen) atoms. The number of carboxylic acids is 1. The number of amides is 1. The van der Waals surface area contributed by atoms with Crippen molar-refractivity contribution in [3.8, 4) is 0 Å². The standard InChI is InChI=1S/C16H25NO4/c1-6-7-8-9-10-12(2)11-13(14(18)19)17-15(20)21-16(3,4)5/h6-10,13H,11H2,1-5H3,(H,17,20)(H,18,19)/b7-6-,9-8-,12-10+/t13-/m0/s1. The van der Waals surface area contributed by atoms with E-state index in [0.29, 0.717) is 0 Å². The second-order valence-electron chi connectivity index (χ2n) is 5.66. The molecule has 0 aromatic carbocycles. The molecule has 0 unspecified atom stereocenters. The molecule has 0 spiro atoms. The summed E-state index contributed by atoms with van der Waals surface area (Å²) in [5, 5.41) is 11.5. The van der Waals surface area contributed by atoms with Crippen molar-refractivity contribution in [1.82, 2.24) is 5.32 Å². The molecule has 0 aliphatic rings. The molecule has 0 aliphatic carbocycles. The summed E-state index contributed by atoms with van der Waals surface area (Å²) in [6.07, 6.45) is 8.73. The van der Waals surface area contributed by atoms with Gasteiger partial charge < -0.3 is 15.2 Å². The summed E-state index contributed by atoms with van der Waals surface area (Å²) >= 11 is 0. The first kappa shape index (κ1) is 19.0. The number of aliphatic carboxylic acids is 1. The molecule has 0 aromatic rings. The van der Waals surface area contributed by atoms with Crippen LogP contribution in [0.5, 0.6) is 0 Å². The summed E-state index contributed by atoms with van der Waals surface area (Å²) in [6.45, 7) is 8.89. The molecule has 2 N–H and O–H groups in total. The normalized spacial score (nSPS) is 14.4. The molecule has 118 valence electrons. The van der Waals surface area contributed by atoms with Gasteiger partial charge in [-0.25, -0.2) is 9.59 Å². The Hall–Kier alpha value is -2.04. The second-order valence-corrected chi connectivity index (χ2v) is 5.66. The summed E-state index contributed by atoms with van der Waals surface area (Å²) in [6, 6.07) is -1.01. The summed E-state index contributed by atoms with van der Waals surface area (Å²) in [5.74, 6) is -1.09. The molecule has 0 rings (SSSR count). The zero-order chi connectivity index (χ0) is 16.5. The number of carbonyl (C=O) groups is 2. The third-order valence-electron chi connectivity index (χ3n) is 2.31. The van der Waals surface area contributed by atoms with Gasteiger partial charge in [0.25, 0.3) is 0 Å². The minimum atomic E-state index is -1.09. The van der Waals surface area contributed by atoms with Gasteiger partial charge in [0.15, 0.2) is 0 Å². The lowest BCUT2D eigenvalue weighted by molar-refractivity contribution is -0.139. The van der Waals surface area contributed by atoms with Crippen LogP contribution in [0.3, 0.4) is 0 Å². The smallest absolute Gasteiger partial charge is 0.408 e. The van der Waals surface area contributed by atoms with Crippen LogP contribution < -0.4 is 5.32 Å². The molecular formula is C16H25NO4. The first-order valence-electron chi connectivity index (χ1n) is 6.83. The quantitative estimate of drug-likeness (QED) is 0.736.